The molecule has 0 aliphatic heterocycles. The number of rotatable bonds is 4. The summed E-state index contributed by atoms with van der Waals surface area (Å²) in [7, 11) is 0. The Labute approximate surface area is 115 Å². The highest BCUT2D eigenvalue weighted by atomic mass is 32.2. The van der Waals surface area contributed by atoms with Crippen LogP contribution >= 0.6 is 0 Å². The zero-order chi connectivity index (χ0) is 13.8. The van der Waals surface area contributed by atoms with Crippen LogP contribution in [-0.4, -0.2) is 15.6 Å². The molecule has 19 heavy (non-hydrogen) atoms. The Hall–Kier alpha value is -1.78. The molecule has 0 saturated carbocycles. The third-order valence-corrected chi connectivity index (χ3v) is 4.19. The van der Waals surface area contributed by atoms with Crippen LogP contribution in [0.3, 0.4) is 0 Å². The average molecular weight is 274 g/mol. The van der Waals surface area contributed by atoms with Gasteiger partial charge in [-0.2, -0.15) is 0 Å². The summed E-state index contributed by atoms with van der Waals surface area (Å²) < 4.78 is 12.3. The second-order valence-corrected chi connectivity index (χ2v) is 5.70. The van der Waals surface area contributed by atoms with E-state index in [4.69, 9.17) is 0 Å². The van der Waals surface area contributed by atoms with Crippen LogP contribution in [0.15, 0.2) is 53.4 Å². The minimum absolute atomic E-state index is 0.120. The molecule has 0 aromatic heterocycles. The molecular weight excluding hydrogens is 260 g/mol. The SMILES string of the molecule is Cc1ccc([S+]([O-])Cc2ccccc2)c(C(=O)O)c1. The van der Waals surface area contributed by atoms with E-state index in [9.17, 15) is 14.5 Å². The van der Waals surface area contributed by atoms with Crippen molar-refractivity contribution in [2.75, 3.05) is 0 Å². The van der Waals surface area contributed by atoms with E-state index in [1.807, 2.05) is 37.3 Å². The van der Waals surface area contributed by atoms with Crippen LogP contribution in [0.25, 0.3) is 0 Å². The van der Waals surface area contributed by atoms with E-state index < -0.39 is 17.1 Å². The highest BCUT2D eigenvalue weighted by Crippen LogP contribution is 2.22. The highest BCUT2D eigenvalue weighted by Gasteiger charge is 2.21. The van der Waals surface area contributed by atoms with Crippen LogP contribution in [-0.2, 0) is 16.9 Å². The normalized spacial score (nSPS) is 12.1. The lowest BCUT2D eigenvalue weighted by atomic mass is 10.1. The van der Waals surface area contributed by atoms with Gasteiger partial charge in [0.2, 0.25) is 0 Å². The fourth-order valence-corrected chi connectivity index (χ4v) is 3.07. The minimum Gasteiger partial charge on any atom is -0.611 e. The lowest BCUT2D eigenvalue weighted by Gasteiger charge is -2.13. The van der Waals surface area contributed by atoms with Crippen LogP contribution in [0, 0.1) is 6.92 Å². The number of aromatic carboxylic acids is 1. The second-order valence-electron chi connectivity index (χ2n) is 4.28. The number of carboxylic acid groups (broad SMARTS) is 1. The van der Waals surface area contributed by atoms with Crippen LogP contribution in [0.5, 0.6) is 0 Å². The largest absolute Gasteiger partial charge is 0.611 e. The Kier molecular flexibility index (Phi) is 4.24. The number of hydrogen-bond donors (Lipinski definition) is 1. The van der Waals surface area contributed by atoms with Crippen LogP contribution in [0.4, 0.5) is 0 Å². The van der Waals surface area contributed by atoms with Crippen LogP contribution in [0.1, 0.15) is 21.5 Å². The smallest absolute Gasteiger partial charge is 0.340 e. The molecule has 0 spiro atoms. The summed E-state index contributed by atoms with van der Waals surface area (Å²) in [6.45, 7) is 1.82. The van der Waals surface area contributed by atoms with Gasteiger partial charge in [-0.3, -0.25) is 0 Å². The van der Waals surface area contributed by atoms with Crippen molar-refractivity contribution in [2.45, 2.75) is 17.6 Å². The standard InChI is InChI=1S/C15H14O3S/c1-11-7-8-14(13(9-11)15(16)17)19(18)10-12-5-3-2-4-6-12/h2-9H,10H2,1H3,(H,16,17). The van der Waals surface area contributed by atoms with Crippen molar-refractivity contribution in [1.29, 1.82) is 0 Å². The monoisotopic (exact) mass is 274 g/mol. The van der Waals surface area contributed by atoms with Crippen molar-refractivity contribution < 1.29 is 14.5 Å². The van der Waals surface area contributed by atoms with E-state index in [-0.39, 0.29) is 5.56 Å². The van der Waals surface area contributed by atoms with Crippen molar-refractivity contribution in [1.82, 2.24) is 0 Å². The van der Waals surface area contributed by atoms with E-state index in [0.717, 1.165) is 11.1 Å². The number of hydrogen-bond acceptors (Lipinski definition) is 2. The zero-order valence-corrected chi connectivity index (χ0v) is 11.3. The molecule has 0 fully saturated rings. The van der Waals surface area contributed by atoms with Gasteiger partial charge in [0, 0.05) is 5.56 Å². The minimum atomic E-state index is -1.36. The Bertz CT molecular complexity index is 581. The number of aryl methyl sites for hydroxylation is 1. The Morgan fingerprint density at radius 1 is 1.21 bits per heavy atom. The van der Waals surface area contributed by atoms with Gasteiger partial charge in [0.05, 0.1) is 0 Å². The average Bonchev–Trinajstić information content (AvgIpc) is 2.39. The van der Waals surface area contributed by atoms with Crippen LogP contribution in [0.2, 0.25) is 0 Å². The summed E-state index contributed by atoms with van der Waals surface area (Å²) in [5.74, 6) is -0.718. The summed E-state index contributed by atoms with van der Waals surface area (Å²) >= 11 is -1.36. The molecule has 1 unspecified atom stereocenters. The predicted molar refractivity (Wildman–Crippen MR) is 74.7 cm³/mol. The third kappa shape index (κ3) is 3.36. The maximum absolute atomic E-state index is 12.3. The van der Waals surface area contributed by atoms with Gasteiger partial charge in [0.25, 0.3) is 0 Å². The Morgan fingerprint density at radius 2 is 1.89 bits per heavy atom. The summed E-state index contributed by atoms with van der Waals surface area (Å²) in [4.78, 5) is 11.6. The van der Waals surface area contributed by atoms with Crippen molar-refractivity contribution in [2.24, 2.45) is 0 Å². The van der Waals surface area contributed by atoms with Gasteiger partial charge in [-0.05, 0) is 35.8 Å². The number of benzene rings is 2. The van der Waals surface area contributed by atoms with E-state index >= 15 is 0 Å². The molecule has 0 heterocycles. The first-order valence-electron chi connectivity index (χ1n) is 5.84. The van der Waals surface area contributed by atoms with Crippen molar-refractivity contribution in [3.05, 3.63) is 65.2 Å². The molecule has 0 amide bonds. The molecule has 0 radical (unpaired) electrons. The molecule has 0 aliphatic rings. The summed E-state index contributed by atoms with van der Waals surface area (Å²) in [6, 6.07) is 14.4. The Balaban J connectivity index is 2.28. The third-order valence-electron chi connectivity index (χ3n) is 2.75. The molecule has 2 aromatic rings. The highest BCUT2D eigenvalue weighted by molar-refractivity contribution is 7.90. The lowest BCUT2D eigenvalue weighted by molar-refractivity contribution is 0.0692. The van der Waals surface area contributed by atoms with Gasteiger partial charge >= 0.3 is 5.97 Å². The molecule has 3 nitrogen and oxygen atoms in total. The molecule has 98 valence electrons. The fraction of sp³-hybridized carbons (Fsp3) is 0.133. The molecule has 1 atom stereocenters. The zero-order valence-electron chi connectivity index (χ0n) is 10.5. The molecule has 0 saturated heterocycles. The summed E-state index contributed by atoms with van der Waals surface area (Å²) in [5.41, 5.74) is 1.89. The first-order chi connectivity index (χ1) is 9.08. The Morgan fingerprint density at radius 3 is 2.53 bits per heavy atom. The quantitative estimate of drug-likeness (QED) is 0.872. The van der Waals surface area contributed by atoms with Gasteiger partial charge in [0.15, 0.2) is 4.90 Å². The molecule has 0 aliphatic carbocycles. The van der Waals surface area contributed by atoms with Gasteiger partial charge in [-0.15, -0.1) is 0 Å². The first-order valence-corrected chi connectivity index (χ1v) is 7.16. The van der Waals surface area contributed by atoms with Gasteiger partial charge < -0.3 is 9.66 Å². The molecule has 0 bridgehead atoms. The maximum Gasteiger partial charge on any atom is 0.340 e. The van der Waals surface area contributed by atoms with Gasteiger partial charge in [-0.1, -0.05) is 36.4 Å². The lowest BCUT2D eigenvalue weighted by Crippen LogP contribution is -2.11. The summed E-state index contributed by atoms with van der Waals surface area (Å²) in [5, 5.41) is 9.17. The van der Waals surface area contributed by atoms with Gasteiger partial charge in [-0.25, -0.2) is 4.79 Å². The second kappa shape index (κ2) is 5.91. The molecule has 4 heteroatoms. The molecule has 2 aromatic carbocycles. The van der Waals surface area contributed by atoms with Crippen LogP contribution < -0.4 is 0 Å². The predicted octanol–water partition coefficient (Wildman–Crippen LogP) is 3.00. The van der Waals surface area contributed by atoms with Crippen molar-refractivity contribution in [3.63, 3.8) is 0 Å². The van der Waals surface area contributed by atoms with E-state index in [0.29, 0.717) is 10.6 Å². The van der Waals surface area contributed by atoms with Crippen molar-refractivity contribution >= 4 is 17.1 Å². The number of carboxylic acids is 1. The van der Waals surface area contributed by atoms with E-state index in [1.165, 1.54) is 0 Å². The fourth-order valence-electron chi connectivity index (χ4n) is 1.81. The number of carbonyl (C=O) groups is 1. The topological polar surface area (TPSA) is 60.4 Å². The van der Waals surface area contributed by atoms with Gasteiger partial charge in [0.1, 0.15) is 11.3 Å². The van der Waals surface area contributed by atoms with E-state index in [2.05, 4.69) is 0 Å². The molecule has 2 rings (SSSR count). The first kappa shape index (κ1) is 13.6. The van der Waals surface area contributed by atoms with E-state index in [1.54, 1.807) is 18.2 Å². The summed E-state index contributed by atoms with van der Waals surface area (Å²) in [6.07, 6.45) is 0. The molecule has 1 N–H and O–H groups in total. The maximum atomic E-state index is 12.3. The van der Waals surface area contributed by atoms with Crippen molar-refractivity contribution in [3.8, 4) is 0 Å². The molecular formula is C15H14O3S.